The zero-order valence-corrected chi connectivity index (χ0v) is 19.4. The molecular weight excluding hydrogens is 440 g/mol. The third-order valence-electron chi connectivity index (χ3n) is 4.20. The molecule has 0 saturated carbocycles. The van der Waals surface area contributed by atoms with Crippen LogP contribution in [0.2, 0.25) is 0 Å². The Labute approximate surface area is 188 Å². The van der Waals surface area contributed by atoms with E-state index in [2.05, 4.69) is 19.8 Å². The van der Waals surface area contributed by atoms with Gasteiger partial charge in [-0.05, 0) is 25.1 Å². The largest absolute Gasteiger partial charge is 0.442 e. The monoisotopic (exact) mass is 466 g/mol. The number of rotatable bonds is 5. The van der Waals surface area contributed by atoms with Crippen molar-refractivity contribution in [2.75, 3.05) is 25.1 Å². The number of cyclic esters (lactones) is 1. The van der Waals surface area contributed by atoms with E-state index in [1.54, 1.807) is 4.90 Å². The van der Waals surface area contributed by atoms with Gasteiger partial charge in [0.15, 0.2) is 0 Å². The number of nitrogens with one attached hydrogen (secondary N) is 1. The van der Waals surface area contributed by atoms with Crippen LogP contribution in [0.5, 0.6) is 0 Å². The number of ether oxygens (including phenoxy) is 2. The van der Waals surface area contributed by atoms with Gasteiger partial charge in [-0.1, -0.05) is 16.5 Å². The molecule has 0 unspecified atom stereocenters. The molecule has 1 saturated heterocycles. The molecule has 1 aliphatic heterocycles. The van der Waals surface area contributed by atoms with E-state index < -0.39 is 18.0 Å². The minimum Gasteiger partial charge on any atom is -0.442 e. The lowest BCUT2D eigenvalue weighted by Gasteiger charge is -2.13. The highest BCUT2D eigenvalue weighted by Gasteiger charge is 2.32. The van der Waals surface area contributed by atoms with Gasteiger partial charge in [0.1, 0.15) is 13.2 Å². The number of carbonyl (C=O) groups is 4. The number of anilines is 1. The van der Waals surface area contributed by atoms with Gasteiger partial charge in [-0.15, -0.1) is 0 Å². The number of carbonyl (C=O) groups excluding carboxylic acids is 4. The zero-order chi connectivity index (χ0) is 23.8. The second kappa shape index (κ2) is 11.3. The maximum absolute atomic E-state index is 12.1. The lowest BCUT2D eigenvalue weighted by Crippen LogP contribution is -2.33. The smallest absolute Gasteiger partial charge is 0.414 e. The van der Waals surface area contributed by atoms with Crippen LogP contribution in [0.4, 0.5) is 10.5 Å². The van der Waals surface area contributed by atoms with Crippen LogP contribution in [-0.2, 0) is 35.2 Å². The standard InChI is InChI=1S/C16H20N4O4S.C4H6O3/c1-4-19-13-6-5-11(7-14(13)25-15(19)18-23-3)20-9-12(24-16(20)22)8-17-10(2)21;1-3(5)7-4(2)6/h5-7,12H,4,8-9H2,1-3H3,(H,17,21);1-2H3/t12-;/m0./s1. The van der Waals surface area contributed by atoms with Gasteiger partial charge in [-0.3, -0.25) is 19.3 Å². The molecule has 1 fully saturated rings. The summed E-state index contributed by atoms with van der Waals surface area (Å²) in [6, 6.07) is 5.80. The summed E-state index contributed by atoms with van der Waals surface area (Å²) in [6.45, 7) is 7.32. The lowest BCUT2D eigenvalue weighted by atomic mass is 10.2. The number of hydrogen-bond acceptors (Lipinski definition) is 9. The lowest BCUT2D eigenvalue weighted by molar-refractivity contribution is -0.156. The fraction of sp³-hybridized carbons (Fsp3) is 0.450. The molecule has 174 valence electrons. The predicted molar refractivity (Wildman–Crippen MR) is 117 cm³/mol. The molecule has 3 rings (SSSR count). The summed E-state index contributed by atoms with van der Waals surface area (Å²) in [5, 5.41) is 6.72. The van der Waals surface area contributed by atoms with Crippen molar-refractivity contribution < 1.29 is 33.5 Å². The van der Waals surface area contributed by atoms with Crippen LogP contribution in [0.25, 0.3) is 10.2 Å². The molecule has 2 heterocycles. The number of aryl methyl sites for hydroxylation is 1. The average molecular weight is 467 g/mol. The maximum Gasteiger partial charge on any atom is 0.414 e. The average Bonchev–Trinajstić information content (AvgIpc) is 3.24. The van der Waals surface area contributed by atoms with E-state index in [-0.39, 0.29) is 12.0 Å². The van der Waals surface area contributed by atoms with Gasteiger partial charge in [-0.25, -0.2) is 4.79 Å². The SMILES string of the molecule is CC(=O)OC(C)=O.CCn1c(=NOC)sc2cc(N3C[C@H](CNC(C)=O)OC3=O)ccc21. The van der Waals surface area contributed by atoms with Crippen LogP contribution >= 0.6 is 11.3 Å². The molecule has 1 aliphatic rings. The highest BCUT2D eigenvalue weighted by molar-refractivity contribution is 7.16. The molecule has 32 heavy (non-hydrogen) atoms. The number of aromatic nitrogens is 1. The summed E-state index contributed by atoms with van der Waals surface area (Å²) in [4.78, 5) is 50.0. The van der Waals surface area contributed by atoms with E-state index in [1.807, 2.05) is 25.1 Å². The number of benzene rings is 1. The second-order valence-electron chi connectivity index (χ2n) is 6.69. The summed E-state index contributed by atoms with van der Waals surface area (Å²) in [7, 11) is 1.52. The van der Waals surface area contributed by atoms with Gasteiger partial charge in [0, 0.05) is 33.0 Å². The third kappa shape index (κ3) is 6.54. The van der Waals surface area contributed by atoms with Crippen LogP contribution in [0, 0.1) is 0 Å². The summed E-state index contributed by atoms with van der Waals surface area (Å²) >= 11 is 1.50. The minimum absolute atomic E-state index is 0.145. The Hall–Kier alpha value is -3.41. The van der Waals surface area contributed by atoms with Gasteiger partial charge >= 0.3 is 18.0 Å². The molecule has 0 spiro atoms. The van der Waals surface area contributed by atoms with E-state index >= 15 is 0 Å². The quantitative estimate of drug-likeness (QED) is 0.404. The Morgan fingerprint density at radius 3 is 2.47 bits per heavy atom. The topological polar surface area (TPSA) is 129 Å². The molecule has 2 aromatic rings. The van der Waals surface area contributed by atoms with Crippen molar-refractivity contribution in [2.24, 2.45) is 5.16 Å². The first-order chi connectivity index (χ1) is 15.2. The van der Waals surface area contributed by atoms with E-state index in [1.165, 1.54) is 39.2 Å². The van der Waals surface area contributed by atoms with Crippen LogP contribution < -0.4 is 15.0 Å². The molecule has 0 bridgehead atoms. The van der Waals surface area contributed by atoms with Crippen LogP contribution in [0.3, 0.4) is 0 Å². The molecule has 0 radical (unpaired) electrons. The molecule has 1 aromatic heterocycles. The van der Waals surface area contributed by atoms with E-state index in [4.69, 9.17) is 9.57 Å². The van der Waals surface area contributed by atoms with Crippen molar-refractivity contribution in [3.05, 3.63) is 23.0 Å². The molecule has 12 heteroatoms. The second-order valence-corrected chi connectivity index (χ2v) is 7.70. The number of fused-ring (bicyclic) bond motifs is 1. The number of esters is 2. The Bertz CT molecular complexity index is 1060. The Balaban J connectivity index is 0.000000451. The van der Waals surface area contributed by atoms with Gasteiger partial charge in [0.2, 0.25) is 10.7 Å². The number of hydrogen-bond donors (Lipinski definition) is 1. The molecule has 1 atom stereocenters. The van der Waals surface area contributed by atoms with Crippen LogP contribution in [0.15, 0.2) is 23.4 Å². The van der Waals surface area contributed by atoms with Crippen molar-refractivity contribution in [1.82, 2.24) is 9.88 Å². The number of amides is 2. The highest BCUT2D eigenvalue weighted by Crippen LogP contribution is 2.27. The fourth-order valence-corrected chi connectivity index (χ4v) is 4.09. The first-order valence-electron chi connectivity index (χ1n) is 9.78. The Kier molecular flexibility index (Phi) is 8.76. The highest BCUT2D eigenvalue weighted by atomic mass is 32.1. The van der Waals surface area contributed by atoms with Crippen LogP contribution in [0.1, 0.15) is 27.7 Å². The summed E-state index contributed by atoms with van der Waals surface area (Å²) in [5.74, 6) is -1.27. The molecular formula is C20H26N4O7S. The maximum atomic E-state index is 12.1. The molecule has 0 aliphatic carbocycles. The fourth-order valence-electron chi connectivity index (χ4n) is 2.98. The van der Waals surface area contributed by atoms with Gasteiger partial charge < -0.3 is 24.2 Å². The Morgan fingerprint density at radius 2 is 1.94 bits per heavy atom. The third-order valence-corrected chi connectivity index (χ3v) is 5.23. The number of nitrogens with zero attached hydrogens (tertiary/aromatic N) is 3. The molecule has 11 nitrogen and oxygen atoms in total. The summed E-state index contributed by atoms with van der Waals surface area (Å²) in [6.07, 6.45) is -0.758. The van der Waals surface area contributed by atoms with Gasteiger partial charge in [-0.2, -0.15) is 0 Å². The van der Waals surface area contributed by atoms with Crippen LogP contribution in [-0.4, -0.2) is 54.8 Å². The molecule has 2 amide bonds. The van der Waals surface area contributed by atoms with Crippen molar-refractivity contribution in [2.45, 2.75) is 40.3 Å². The summed E-state index contributed by atoms with van der Waals surface area (Å²) in [5.41, 5.74) is 1.80. The summed E-state index contributed by atoms with van der Waals surface area (Å²) < 4.78 is 12.3. The minimum atomic E-state index is -0.562. The van der Waals surface area contributed by atoms with E-state index in [0.717, 1.165) is 27.3 Å². The van der Waals surface area contributed by atoms with Crippen molar-refractivity contribution in [3.63, 3.8) is 0 Å². The van der Waals surface area contributed by atoms with Crippen molar-refractivity contribution >= 4 is 51.2 Å². The first kappa shape index (κ1) is 24.9. The van der Waals surface area contributed by atoms with Gasteiger partial charge in [0.05, 0.1) is 23.3 Å². The zero-order valence-electron chi connectivity index (χ0n) is 18.5. The first-order valence-corrected chi connectivity index (χ1v) is 10.6. The van der Waals surface area contributed by atoms with Crippen molar-refractivity contribution in [1.29, 1.82) is 0 Å². The van der Waals surface area contributed by atoms with Crippen molar-refractivity contribution in [3.8, 4) is 0 Å². The molecule has 1 aromatic carbocycles. The van der Waals surface area contributed by atoms with E-state index in [0.29, 0.717) is 13.1 Å². The number of thiazole rings is 1. The molecule has 1 N–H and O–H groups in total. The predicted octanol–water partition coefficient (Wildman–Crippen LogP) is 1.74. The Morgan fingerprint density at radius 1 is 1.25 bits per heavy atom. The van der Waals surface area contributed by atoms with E-state index in [9.17, 15) is 19.2 Å². The normalized spacial score (nSPS) is 15.7. The van der Waals surface area contributed by atoms with Gasteiger partial charge in [0.25, 0.3) is 0 Å².